The Morgan fingerprint density at radius 2 is 0.865 bits per heavy atom. The molecule has 89 heavy (non-hydrogen) atoms. The van der Waals surface area contributed by atoms with E-state index in [0.717, 1.165) is 40.6 Å². The Hall–Kier alpha value is 1.05. The van der Waals surface area contributed by atoms with Gasteiger partial charge < -0.3 is 25.2 Å². The van der Waals surface area contributed by atoms with E-state index >= 15 is 0 Å². The zero-order valence-electron chi connectivity index (χ0n) is 49.1. The van der Waals surface area contributed by atoms with Crippen LogP contribution in [0.3, 0.4) is 0 Å². The van der Waals surface area contributed by atoms with Gasteiger partial charge in [-0.2, -0.15) is 83.0 Å². The summed E-state index contributed by atoms with van der Waals surface area (Å²) >= 11 is 52.8. The lowest BCUT2D eigenvalue weighted by molar-refractivity contribution is -0.156. The van der Waals surface area contributed by atoms with Crippen LogP contribution in [0.25, 0.3) is 0 Å². The zero-order chi connectivity index (χ0) is 73.6. The van der Waals surface area contributed by atoms with Crippen LogP contribution in [-0.2, 0) is 157 Å². The molecule has 0 heterocycles. The minimum absolute atomic E-state index is 0. The normalized spacial score (nSPS) is 12.4. The van der Waals surface area contributed by atoms with Crippen LogP contribution >= 0.6 is 104 Å². The predicted octanol–water partition coefficient (Wildman–Crippen LogP) is 8.33. The molecule has 0 atom stereocenters. The molecule has 9 N–H and O–H groups in total. The number of ether oxygens (including phenoxy) is 2. The summed E-state index contributed by atoms with van der Waals surface area (Å²) in [6, 6.07) is 0.676. The second-order valence-corrected chi connectivity index (χ2v) is 32.0. The molecular weight excluding hydrogens is 1660 g/mol. The Bertz CT molecular complexity index is 2360. The number of aldehydes is 2. The molecule has 3 aliphatic carbocycles. The molecule has 0 radical (unpaired) electrons. The number of nitrogens with zero attached hydrogens (tertiary/aromatic N) is 2. The topological polar surface area (TPSA) is 376 Å². The highest BCUT2D eigenvalue weighted by Crippen LogP contribution is 2.20. The van der Waals surface area contributed by atoms with Crippen LogP contribution in [0.5, 0.6) is 0 Å². The molecule has 0 aromatic heterocycles. The molecule has 3 aliphatic rings. The summed E-state index contributed by atoms with van der Waals surface area (Å²) < 4.78 is 164. The predicted molar refractivity (Wildman–Crippen MR) is 374 cm³/mol. The number of hydrogen-bond donors (Lipinski definition) is 7. The van der Waals surface area contributed by atoms with E-state index < -0.39 is 92.8 Å². The van der Waals surface area contributed by atoms with Gasteiger partial charge in [-0.3, -0.25) is 9.59 Å². The maximum atomic E-state index is 11.3. The second kappa shape index (κ2) is 71.8. The smallest absolute Gasteiger partial charge is 0.443 e. The second-order valence-electron chi connectivity index (χ2n) is 17.0. The van der Waals surface area contributed by atoms with Crippen LogP contribution in [0.4, 0.5) is 35.9 Å². The Kier molecular flexibility index (Phi) is 97.1. The molecule has 52 heteroatoms. The van der Waals surface area contributed by atoms with Crippen molar-refractivity contribution in [2.24, 2.45) is 15.3 Å². The van der Waals surface area contributed by atoms with Gasteiger partial charge in [-0.05, 0) is 120 Å². The highest BCUT2D eigenvalue weighted by molar-refractivity contribution is 8.51. The lowest BCUT2D eigenvalue weighted by atomic mass is 10.2. The summed E-state index contributed by atoms with van der Waals surface area (Å²) in [6.07, 6.45) is -6.68. The number of carbonyl (C=O) groups excluding carboxylic acids is 5. The van der Waals surface area contributed by atoms with E-state index in [4.69, 9.17) is 110 Å². The first-order valence-corrected chi connectivity index (χ1v) is 41.3. The first kappa shape index (κ1) is 120. The standard InChI is InChI=1S/C8H16N2O4S.C6H15N.C5H10ClNO4S.C4H10O.C3H8N2O2S.C3H7N.2C2HF3O.3CH2Cl2.CClNO3S.S4.S3.S2.H2S/c1-8(2,3)14-7(11)10-15(12,13)9-6-4-5-6;1-4-7(5-2)6-3;1-5(2,3)11-4(8)7-12(6,9)10;1-4(2,3)5;4-8(6,7)5-3-1-2-3;4-3-1-2-3;2*3-2(4,5)1-6;3*2-1-3;2-7(5,6)3-1-4;1-3-4-2;1-3-2;1-2;/h6,9H,4-5H2,1-3H3,(H,10,11);4-6H2,1-3H3;1-3H3,(H,7,8);5H,1-3H3;3,5H,1-2H2,(H2,4,6,7);3H,1-2,4H2;2*1H;3*1H2;;;;;1H2. The number of isocyanates is 1. The van der Waals surface area contributed by atoms with Crippen LogP contribution in [0, 0.1) is 0 Å². The average molecular weight is 1740 g/mol. The number of nitrogens with two attached hydrogens (primary N) is 2. The first-order valence-electron chi connectivity index (χ1n) is 22.5. The summed E-state index contributed by atoms with van der Waals surface area (Å²) in [4.78, 5) is 50.6. The summed E-state index contributed by atoms with van der Waals surface area (Å²) in [7, 11) is -2.87. The van der Waals surface area contributed by atoms with Crippen molar-refractivity contribution in [2.75, 3.05) is 35.7 Å². The molecule has 3 rings (SSSR count). The minimum Gasteiger partial charge on any atom is -0.443 e. The van der Waals surface area contributed by atoms with Crippen LogP contribution in [-0.4, -0.2) is 157 Å². The van der Waals surface area contributed by atoms with Gasteiger partial charge in [0.05, 0.1) is 21.6 Å². The van der Waals surface area contributed by atoms with Crippen molar-refractivity contribution in [1.82, 2.24) is 23.8 Å². The molecule has 0 bridgehead atoms. The zero-order valence-corrected chi connectivity index (χ0v) is 66.8. The Balaban J connectivity index is -0.0000000653. The SMILES string of the molecule is CC(C)(C)O.CC(C)(C)OC(=O)NS(=O)(=O)Cl.CC(C)(C)OC(=O)NS(=O)(=O)NC1CC1.CCN(CC)CC.ClCCl.ClCCl.ClCCl.NC1CC1.NS(=O)(=O)NC1CC1.O=C=NS(=O)(=O)Cl.O=CC(F)(F)F.O=CC(F)(F)F.S.S=S.S=S=S.S=S=S=S. The summed E-state index contributed by atoms with van der Waals surface area (Å²) in [6.45, 7) is 25.1. The Morgan fingerprint density at radius 1 is 0.640 bits per heavy atom. The fraction of sp³-hybridized carbons (Fsp3) is 0.865. The van der Waals surface area contributed by atoms with Gasteiger partial charge in [-0.1, -0.05) is 25.2 Å². The highest BCUT2D eigenvalue weighted by Gasteiger charge is 2.29. The van der Waals surface area contributed by atoms with Crippen molar-refractivity contribution in [3.63, 3.8) is 0 Å². The summed E-state index contributed by atoms with van der Waals surface area (Å²) in [5.74, 6) is 0. The van der Waals surface area contributed by atoms with Crippen molar-refractivity contribution >= 4 is 268 Å². The number of amides is 2. The fourth-order valence-corrected chi connectivity index (χ4v) is 4.80. The van der Waals surface area contributed by atoms with E-state index in [-0.39, 0.29) is 41.6 Å². The third-order valence-electron chi connectivity index (χ3n) is 5.43. The van der Waals surface area contributed by atoms with Gasteiger partial charge >= 0.3 is 53.2 Å². The maximum Gasteiger partial charge on any atom is 0.446 e. The summed E-state index contributed by atoms with van der Waals surface area (Å²) in [5.41, 5.74) is 3.27. The molecule has 0 saturated heterocycles. The molecule has 0 spiro atoms. The van der Waals surface area contributed by atoms with Crippen molar-refractivity contribution in [3.05, 3.63) is 0 Å². The monoisotopic (exact) mass is 1730 g/mol. The highest BCUT2D eigenvalue weighted by atomic mass is 35.7. The third-order valence-corrected chi connectivity index (χ3v) is 10.5. The van der Waals surface area contributed by atoms with E-state index in [1.807, 2.05) is 0 Å². The van der Waals surface area contributed by atoms with Crippen LogP contribution in [0.2, 0.25) is 0 Å². The first-order chi connectivity index (χ1) is 39.4. The number of nitrogens with one attached hydrogen (secondary N) is 4. The minimum atomic E-state index is -4.64. The largest absolute Gasteiger partial charge is 0.446 e. The molecule has 542 valence electrons. The van der Waals surface area contributed by atoms with E-state index in [9.17, 15) is 69.6 Å². The molecule has 3 saturated carbocycles. The average Bonchev–Trinajstić information content (AvgIpc) is 4.20. The lowest BCUT2D eigenvalue weighted by Crippen LogP contribution is -2.43. The Labute approximate surface area is 603 Å². The van der Waals surface area contributed by atoms with Gasteiger partial charge in [-0.15, -0.1) is 69.6 Å². The summed E-state index contributed by atoms with van der Waals surface area (Å²) in [5, 5.41) is 13.7. The molecule has 0 unspecified atom stereocenters. The molecule has 0 aliphatic heterocycles. The van der Waals surface area contributed by atoms with E-state index in [2.05, 4.69) is 127 Å². The fourth-order valence-electron chi connectivity index (χ4n) is 2.50. The molecule has 3 fully saturated rings. The number of halogens is 14. The van der Waals surface area contributed by atoms with Gasteiger partial charge in [0.2, 0.25) is 12.6 Å². The number of rotatable bonds is 10. The van der Waals surface area contributed by atoms with Crippen LogP contribution in [0.15, 0.2) is 4.40 Å². The van der Waals surface area contributed by atoms with Gasteiger partial charge in [0.1, 0.15) is 11.2 Å². The third kappa shape index (κ3) is 207. The van der Waals surface area contributed by atoms with Gasteiger partial charge in [0, 0.05) is 133 Å². The maximum absolute atomic E-state index is 11.3. The number of hydrogen-bond acceptors (Lipinski definition) is 24. The van der Waals surface area contributed by atoms with E-state index in [1.165, 1.54) is 55.0 Å². The molecule has 24 nitrogen and oxygen atoms in total. The van der Waals surface area contributed by atoms with Crippen molar-refractivity contribution < 1.29 is 98.6 Å². The van der Waals surface area contributed by atoms with E-state index in [1.54, 1.807) is 67.0 Å². The van der Waals surface area contributed by atoms with Crippen LogP contribution in [0.1, 0.15) is 122 Å². The molecular formula is C37H76Cl8F6N8O16S14. The van der Waals surface area contributed by atoms with E-state index in [0.29, 0.717) is 6.04 Å². The quantitative estimate of drug-likeness (QED) is 0.0270. The van der Waals surface area contributed by atoms with Gasteiger partial charge in [0.25, 0.3) is 16.3 Å². The van der Waals surface area contributed by atoms with Crippen LogP contribution < -0.4 is 29.8 Å². The number of carbonyl (C=O) groups is 4. The molecule has 2 amide bonds. The molecule has 0 aromatic rings. The lowest BCUT2D eigenvalue weighted by Gasteiger charge is -2.19. The number of aliphatic hydroxyl groups is 1. The number of alkyl halides is 12. The van der Waals surface area contributed by atoms with Crippen molar-refractivity contribution in [3.8, 4) is 0 Å². The van der Waals surface area contributed by atoms with Gasteiger partial charge in [0.15, 0.2) is 0 Å². The van der Waals surface area contributed by atoms with Crippen molar-refractivity contribution in [1.29, 1.82) is 0 Å². The van der Waals surface area contributed by atoms with Gasteiger partial charge in [-0.25, -0.2) is 29.0 Å². The Morgan fingerprint density at radius 3 is 0.966 bits per heavy atom. The van der Waals surface area contributed by atoms with Crippen molar-refractivity contribution in [2.45, 2.75) is 169 Å². The molecule has 0 aromatic carbocycles.